The molecular weight excluding hydrogens is 324 g/mol. The maximum absolute atomic E-state index is 12.1. The molecule has 3 rings (SSSR count). The number of carbonyl (C=O) groups excluding carboxylic acids is 2. The molecule has 2 aromatic rings. The quantitative estimate of drug-likeness (QED) is 0.826. The van der Waals surface area contributed by atoms with E-state index < -0.39 is 11.6 Å². The fourth-order valence-corrected chi connectivity index (χ4v) is 2.80. The van der Waals surface area contributed by atoms with Crippen LogP contribution in [-0.2, 0) is 4.74 Å². The Hall–Kier alpha value is -2.70. The number of piperazine rings is 1. The van der Waals surface area contributed by atoms with Crippen LogP contribution >= 0.6 is 0 Å². The van der Waals surface area contributed by atoms with Crippen LogP contribution in [0.5, 0.6) is 0 Å². The van der Waals surface area contributed by atoms with E-state index in [9.17, 15) is 14.7 Å². The zero-order chi connectivity index (χ0) is 18.2. The van der Waals surface area contributed by atoms with Gasteiger partial charge in [-0.3, -0.25) is 0 Å². The number of hydrogen-bond acceptors (Lipinski definition) is 6. The summed E-state index contributed by atoms with van der Waals surface area (Å²) < 4.78 is 10.6. The number of carboxylic acids is 1. The van der Waals surface area contributed by atoms with E-state index >= 15 is 0 Å². The number of fused-ring (bicyclic) bond motifs is 1. The Labute approximate surface area is 145 Å². The SMILES string of the molecule is CC(C)(C)OC(=O)N1CCN(c2ccc3oc(C(=O)[O-])cc3c2)CC1. The molecule has 0 aliphatic carbocycles. The standard InChI is InChI=1S/C18H22N2O5/c1-18(2,3)25-17(23)20-8-6-19(7-9-20)13-4-5-14-12(10-13)11-15(24-14)16(21)22/h4-5,10-11H,6-9H2,1-3H3,(H,21,22)/p-1. The number of ether oxygens (including phenoxy) is 1. The van der Waals surface area contributed by atoms with Crippen molar-refractivity contribution in [1.82, 2.24) is 4.90 Å². The van der Waals surface area contributed by atoms with Crippen molar-refractivity contribution in [3.8, 4) is 0 Å². The highest BCUT2D eigenvalue weighted by molar-refractivity contribution is 5.91. The lowest BCUT2D eigenvalue weighted by Gasteiger charge is -2.36. The number of carbonyl (C=O) groups is 2. The Kier molecular flexibility index (Phi) is 4.32. The van der Waals surface area contributed by atoms with Crippen LogP contribution in [0.15, 0.2) is 28.7 Å². The minimum absolute atomic E-state index is 0.179. The minimum atomic E-state index is -1.33. The predicted molar refractivity (Wildman–Crippen MR) is 90.6 cm³/mol. The number of carboxylic acid groups (broad SMARTS) is 1. The number of anilines is 1. The van der Waals surface area contributed by atoms with Gasteiger partial charge in [0.05, 0.1) is 0 Å². The highest BCUT2D eigenvalue weighted by Gasteiger charge is 2.26. The lowest BCUT2D eigenvalue weighted by Crippen LogP contribution is -2.50. The van der Waals surface area contributed by atoms with E-state index in [4.69, 9.17) is 9.15 Å². The average Bonchev–Trinajstić information content (AvgIpc) is 2.97. The second-order valence-electron chi connectivity index (χ2n) is 7.07. The summed E-state index contributed by atoms with van der Waals surface area (Å²) in [5, 5.41) is 11.6. The molecule has 1 aliphatic rings. The van der Waals surface area contributed by atoms with Gasteiger partial charge in [0.2, 0.25) is 0 Å². The van der Waals surface area contributed by atoms with E-state index in [1.807, 2.05) is 32.9 Å². The number of aromatic carboxylic acids is 1. The molecule has 7 nitrogen and oxygen atoms in total. The summed E-state index contributed by atoms with van der Waals surface area (Å²) in [6.07, 6.45) is -0.295. The number of rotatable bonds is 2. The van der Waals surface area contributed by atoms with Gasteiger partial charge in [-0.25, -0.2) is 4.79 Å². The number of benzene rings is 1. The summed E-state index contributed by atoms with van der Waals surface area (Å²) in [6, 6.07) is 6.98. The Morgan fingerprint density at radius 1 is 1.12 bits per heavy atom. The van der Waals surface area contributed by atoms with E-state index in [2.05, 4.69) is 4.90 Å². The van der Waals surface area contributed by atoms with Crippen LogP contribution in [0, 0.1) is 0 Å². The fraction of sp³-hybridized carbons (Fsp3) is 0.444. The first-order valence-electron chi connectivity index (χ1n) is 8.21. The number of hydrogen-bond donors (Lipinski definition) is 0. The summed E-state index contributed by atoms with van der Waals surface area (Å²) in [6.45, 7) is 8.05. The van der Waals surface area contributed by atoms with Crippen LogP contribution in [0.2, 0.25) is 0 Å². The monoisotopic (exact) mass is 345 g/mol. The van der Waals surface area contributed by atoms with Crippen LogP contribution in [0.3, 0.4) is 0 Å². The lowest BCUT2D eigenvalue weighted by molar-refractivity contribution is -0.257. The molecule has 25 heavy (non-hydrogen) atoms. The molecule has 0 saturated carbocycles. The maximum atomic E-state index is 12.1. The summed E-state index contributed by atoms with van der Waals surface area (Å²) in [5.41, 5.74) is 0.967. The normalized spacial score (nSPS) is 15.5. The Morgan fingerprint density at radius 2 is 1.80 bits per heavy atom. The van der Waals surface area contributed by atoms with E-state index in [-0.39, 0.29) is 11.9 Å². The summed E-state index contributed by atoms with van der Waals surface area (Å²) in [5.74, 6) is -1.51. The minimum Gasteiger partial charge on any atom is -0.542 e. The van der Waals surface area contributed by atoms with Gasteiger partial charge in [-0.1, -0.05) is 0 Å². The topological polar surface area (TPSA) is 86.0 Å². The van der Waals surface area contributed by atoms with E-state index in [0.717, 1.165) is 5.69 Å². The molecule has 2 heterocycles. The van der Waals surface area contributed by atoms with Gasteiger partial charge in [0.1, 0.15) is 17.2 Å². The zero-order valence-corrected chi connectivity index (χ0v) is 14.6. The molecule has 7 heteroatoms. The molecule has 1 amide bonds. The molecule has 1 saturated heterocycles. The van der Waals surface area contributed by atoms with E-state index in [0.29, 0.717) is 37.1 Å². The van der Waals surface area contributed by atoms with Gasteiger partial charge in [-0.2, -0.15) is 0 Å². The lowest BCUT2D eigenvalue weighted by atomic mass is 10.2. The zero-order valence-electron chi connectivity index (χ0n) is 14.6. The largest absolute Gasteiger partial charge is 0.542 e. The first kappa shape index (κ1) is 17.1. The average molecular weight is 345 g/mol. The molecule has 0 bridgehead atoms. The van der Waals surface area contributed by atoms with E-state index in [1.165, 1.54) is 6.07 Å². The Morgan fingerprint density at radius 3 is 2.40 bits per heavy atom. The van der Waals surface area contributed by atoms with Crippen LogP contribution in [0.1, 0.15) is 31.3 Å². The molecule has 0 unspecified atom stereocenters. The highest BCUT2D eigenvalue weighted by Crippen LogP contribution is 2.26. The molecule has 134 valence electrons. The number of nitrogens with zero attached hydrogens (tertiary/aromatic N) is 2. The third-order valence-corrected chi connectivity index (χ3v) is 4.00. The first-order valence-corrected chi connectivity index (χ1v) is 8.21. The summed E-state index contributed by atoms with van der Waals surface area (Å²) >= 11 is 0. The van der Waals surface area contributed by atoms with Gasteiger partial charge < -0.3 is 28.9 Å². The third-order valence-electron chi connectivity index (χ3n) is 4.00. The smallest absolute Gasteiger partial charge is 0.410 e. The summed E-state index contributed by atoms with van der Waals surface area (Å²) in [7, 11) is 0. The molecule has 1 aromatic heterocycles. The molecule has 1 fully saturated rings. The van der Waals surface area contributed by atoms with Crippen molar-refractivity contribution in [1.29, 1.82) is 0 Å². The van der Waals surface area contributed by atoms with Crippen molar-refractivity contribution >= 4 is 28.7 Å². The molecule has 1 aromatic carbocycles. The molecule has 0 radical (unpaired) electrons. The van der Waals surface area contributed by atoms with E-state index in [1.54, 1.807) is 11.0 Å². The Bertz CT molecular complexity index is 797. The fourth-order valence-electron chi connectivity index (χ4n) is 2.80. The van der Waals surface area contributed by atoms with Gasteiger partial charge in [-0.05, 0) is 45.0 Å². The second kappa shape index (κ2) is 6.31. The predicted octanol–water partition coefficient (Wildman–Crippen LogP) is 1.85. The van der Waals surface area contributed by atoms with Crippen molar-refractivity contribution in [2.75, 3.05) is 31.1 Å². The molecule has 0 spiro atoms. The van der Waals surface area contributed by atoms with Crippen molar-refractivity contribution in [3.05, 3.63) is 30.0 Å². The summed E-state index contributed by atoms with van der Waals surface area (Å²) in [4.78, 5) is 26.8. The first-order chi connectivity index (χ1) is 11.7. The maximum Gasteiger partial charge on any atom is 0.410 e. The van der Waals surface area contributed by atoms with Crippen LogP contribution < -0.4 is 10.0 Å². The number of amides is 1. The van der Waals surface area contributed by atoms with Gasteiger partial charge >= 0.3 is 6.09 Å². The van der Waals surface area contributed by atoms with Gasteiger partial charge in [0.25, 0.3) is 0 Å². The molecular formula is C18H21N2O5-. The third kappa shape index (κ3) is 3.87. The van der Waals surface area contributed by atoms with Gasteiger partial charge in [0, 0.05) is 37.3 Å². The van der Waals surface area contributed by atoms with Crippen molar-refractivity contribution in [2.24, 2.45) is 0 Å². The van der Waals surface area contributed by atoms with Crippen molar-refractivity contribution in [3.63, 3.8) is 0 Å². The molecule has 0 N–H and O–H groups in total. The van der Waals surface area contributed by atoms with Gasteiger partial charge in [-0.15, -0.1) is 0 Å². The van der Waals surface area contributed by atoms with Crippen LogP contribution in [-0.4, -0.2) is 48.7 Å². The number of furan rings is 1. The Balaban J connectivity index is 1.67. The van der Waals surface area contributed by atoms with Crippen LogP contribution in [0.4, 0.5) is 10.5 Å². The highest BCUT2D eigenvalue weighted by atomic mass is 16.6. The van der Waals surface area contributed by atoms with Crippen molar-refractivity contribution < 1.29 is 23.8 Å². The second-order valence-corrected chi connectivity index (χ2v) is 7.07. The van der Waals surface area contributed by atoms with Gasteiger partial charge in [0.15, 0.2) is 5.76 Å². The molecule has 1 aliphatic heterocycles. The van der Waals surface area contributed by atoms with Crippen molar-refractivity contribution in [2.45, 2.75) is 26.4 Å². The van der Waals surface area contributed by atoms with Crippen LogP contribution in [0.25, 0.3) is 11.0 Å². The molecule has 0 atom stereocenters.